The molecule has 0 fully saturated rings. The first-order chi connectivity index (χ1) is 9.38. The second-order valence-electron chi connectivity index (χ2n) is 4.80. The van der Waals surface area contributed by atoms with Gasteiger partial charge in [0.15, 0.2) is 0 Å². The predicted octanol–water partition coefficient (Wildman–Crippen LogP) is 3.94. The summed E-state index contributed by atoms with van der Waals surface area (Å²) in [6.07, 6.45) is 0. The van der Waals surface area contributed by atoms with Crippen molar-refractivity contribution >= 4 is 12.4 Å². The van der Waals surface area contributed by atoms with E-state index in [-0.39, 0.29) is 0 Å². The van der Waals surface area contributed by atoms with Crippen LogP contribution >= 0.6 is 0 Å². The van der Waals surface area contributed by atoms with E-state index < -0.39 is 12.4 Å². The summed E-state index contributed by atoms with van der Waals surface area (Å²) in [4.78, 5) is 0. The summed E-state index contributed by atoms with van der Waals surface area (Å²) in [5, 5.41) is 0. The van der Waals surface area contributed by atoms with Gasteiger partial charge in [-0.05, 0) is 42.7 Å². The molecule has 0 saturated heterocycles. The first-order valence-electron chi connectivity index (χ1n) is 6.36. The third kappa shape index (κ3) is 3.35. The van der Waals surface area contributed by atoms with Gasteiger partial charge in [0.1, 0.15) is 12.4 Å². The monoisotopic (exact) mass is 279 g/mol. The number of hydrogen-bond donors (Lipinski definition) is 0. The van der Waals surface area contributed by atoms with E-state index >= 15 is 0 Å². The van der Waals surface area contributed by atoms with Gasteiger partial charge < -0.3 is 17.7 Å². The van der Waals surface area contributed by atoms with Crippen molar-refractivity contribution in [3.8, 4) is 5.75 Å². The molecule has 0 atom stereocenters. The maximum atomic E-state index is 12.5. The van der Waals surface area contributed by atoms with E-state index in [0.717, 1.165) is 28.8 Å². The Morgan fingerprint density at radius 3 is 1.95 bits per heavy atom. The largest absolute Gasteiger partial charge is 0.509 e. The van der Waals surface area contributed by atoms with Gasteiger partial charge in [0.2, 0.25) is 0 Å². The van der Waals surface area contributed by atoms with Crippen LogP contribution in [0.2, 0.25) is 0 Å². The summed E-state index contributed by atoms with van der Waals surface area (Å²) in [7, 11) is 0. The Morgan fingerprint density at radius 2 is 1.45 bits per heavy atom. The van der Waals surface area contributed by atoms with E-state index in [1.54, 1.807) is 0 Å². The Hall–Kier alpha value is -1.91. The predicted molar refractivity (Wildman–Crippen MR) is 75.4 cm³/mol. The molecule has 0 bridgehead atoms. The normalized spacial score (nSPS) is 11.4. The zero-order chi connectivity index (χ0) is 14.8. The Balaban J connectivity index is 2.08. The molecule has 106 valence electrons. The molecule has 1 nitrogen and oxygen atoms in total. The maximum Gasteiger partial charge on any atom is 0.509 e. The van der Waals surface area contributed by atoms with Crippen LogP contribution in [-0.4, -0.2) is 6.98 Å². The molecule has 20 heavy (non-hydrogen) atoms. The zero-order valence-electron chi connectivity index (χ0n) is 11.4. The third-order valence-corrected chi connectivity index (χ3v) is 3.29. The van der Waals surface area contributed by atoms with Gasteiger partial charge in [0.05, 0.1) is 0 Å². The van der Waals surface area contributed by atoms with Crippen LogP contribution in [-0.2, 0) is 6.61 Å². The molecule has 0 unspecified atom stereocenters. The van der Waals surface area contributed by atoms with Crippen molar-refractivity contribution in [2.75, 3.05) is 0 Å². The van der Waals surface area contributed by atoms with E-state index in [4.69, 9.17) is 4.74 Å². The standard InChI is InChI=1S/C15H15BF3O/c1-11-4-3-5-12(2)15(11)10-20-14-8-6-13(7-9-14)16(17,18)19/h3-9H,10H2,1-2H3/q-1. The highest BCUT2D eigenvalue weighted by molar-refractivity contribution is 6.73. The Kier molecular flexibility index (Phi) is 4.07. The summed E-state index contributed by atoms with van der Waals surface area (Å²) < 4.78 is 43.1. The van der Waals surface area contributed by atoms with Gasteiger partial charge in [-0.1, -0.05) is 30.3 Å². The van der Waals surface area contributed by atoms with Gasteiger partial charge in [-0.25, -0.2) is 0 Å². The Morgan fingerprint density at radius 1 is 0.900 bits per heavy atom. The molecule has 0 amide bonds. The molecule has 0 aromatic heterocycles. The van der Waals surface area contributed by atoms with Crippen molar-refractivity contribution in [1.82, 2.24) is 0 Å². The number of benzene rings is 2. The van der Waals surface area contributed by atoms with Crippen molar-refractivity contribution < 1.29 is 17.7 Å². The lowest BCUT2D eigenvalue weighted by atomic mass is 9.80. The fourth-order valence-corrected chi connectivity index (χ4v) is 2.01. The Bertz CT molecular complexity index is 571. The quantitative estimate of drug-likeness (QED) is 0.770. The lowest BCUT2D eigenvalue weighted by Crippen LogP contribution is -2.33. The van der Waals surface area contributed by atoms with Crippen LogP contribution in [0.25, 0.3) is 0 Å². The average molecular weight is 279 g/mol. The molecule has 0 aliphatic heterocycles. The van der Waals surface area contributed by atoms with Crippen LogP contribution in [0.5, 0.6) is 5.75 Å². The van der Waals surface area contributed by atoms with Gasteiger partial charge >= 0.3 is 6.98 Å². The number of ether oxygens (including phenoxy) is 1. The van der Waals surface area contributed by atoms with Crippen molar-refractivity contribution in [1.29, 1.82) is 0 Å². The van der Waals surface area contributed by atoms with Gasteiger partial charge in [0.25, 0.3) is 0 Å². The number of rotatable bonds is 4. The Labute approximate surface area is 116 Å². The van der Waals surface area contributed by atoms with Crippen molar-refractivity contribution in [2.24, 2.45) is 0 Å². The molecule has 0 radical (unpaired) electrons. The van der Waals surface area contributed by atoms with Crippen LogP contribution in [0, 0.1) is 13.8 Å². The maximum absolute atomic E-state index is 12.5. The van der Waals surface area contributed by atoms with Crippen LogP contribution in [0.15, 0.2) is 42.5 Å². The average Bonchev–Trinajstić information content (AvgIpc) is 2.37. The third-order valence-electron chi connectivity index (χ3n) is 3.29. The van der Waals surface area contributed by atoms with Crippen molar-refractivity contribution in [3.63, 3.8) is 0 Å². The lowest BCUT2D eigenvalue weighted by molar-refractivity contribution is 0.304. The highest BCUT2D eigenvalue weighted by Crippen LogP contribution is 2.18. The topological polar surface area (TPSA) is 9.23 Å². The first-order valence-corrected chi connectivity index (χ1v) is 6.36. The molecular formula is C15H15BF3O-. The molecule has 0 aliphatic rings. The highest BCUT2D eigenvalue weighted by atomic mass is 19.4. The molecule has 0 N–H and O–H groups in total. The second-order valence-corrected chi connectivity index (χ2v) is 4.80. The SMILES string of the molecule is Cc1cccc(C)c1COc1ccc([B-](F)(F)F)cc1. The van der Waals surface area contributed by atoms with Gasteiger partial charge in [0, 0.05) is 0 Å². The summed E-state index contributed by atoms with van der Waals surface area (Å²) in [6.45, 7) is -0.615. The van der Waals surface area contributed by atoms with Crippen LogP contribution in [0.3, 0.4) is 0 Å². The fraction of sp³-hybridized carbons (Fsp3) is 0.200. The number of halogens is 3. The summed E-state index contributed by atoms with van der Waals surface area (Å²) >= 11 is 0. The molecule has 0 spiro atoms. The lowest BCUT2D eigenvalue weighted by Gasteiger charge is -2.16. The number of aryl methyl sites for hydroxylation is 2. The molecule has 2 aromatic carbocycles. The van der Waals surface area contributed by atoms with Crippen molar-refractivity contribution in [2.45, 2.75) is 20.5 Å². The van der Waals surface area contributed by atoms with E-state index in [9.17, 15) is 12.9 Å². The minimum atomic E-state index is -4.95. The van der Waals surface area contributed by atoms with E-state index in [0.29, 0.717) is 12.4 Å². The minimum absolute atomic E-state index is 0.356. The second kappa shape index (κ2) is 5.61. The highest BCUT2D eigenvalue weighted by Gasteiger charge is 2.24. The van der Waals surface area contributed by atoms with Crippen molar-refractivity contribution in [3.05, 3.63) is 59.2 Å². The molecule has 0 heterocycles. The van der Waals surface area contributed by atoms with E-state index in [2.05, 4.69) is 0 Å². The van der Waals surface area contributed by atoms with Gasteiger partial charge in [-0.15, -0.1) is 5.46 Å². The molecule has 0 saturated carbocycles. The smallest absolute Gasteiger partial charge is 0.489 e. The molecular weight excluding hydrogens is 264 g/mol. The molecule has 0 aliphatic carbocycles. The van der Waals surface area contributed by atoms with Crippen LogP contribution < -0.4 is 10.2 Å². The van der Waals surface area contributed by atoms with Gasteiger partial charge in [-0.3, -0.25) is 0 Å². The van der Waals surface area contributed by atoms with Crippen LogP contribution in [0.1, 0.15) is 16.7 Å². The number of hydrogen-bond acceptors (Lipinski definition) is 1. The zero-order valence-corrected chi connectivity index (χ0v) is 11.4. The van der Waals surface area contributed by atoms with E-state index in [1.165, 1.54) is 12.1 Å². The first kappa shape index (κ1) is 14.5. The molecule has 2 aromatic rings. The summed E-state index contributed by atoms with van der Waals surface area (Å²) in [6, 6.07) is 10.8. The van der Waals surface area contributed by atoms with Crippen LogP contribution in [0.4, 0.5) is 12.9 Å². The minimum Gasteiger partial charge on any atom is -0.489 e. The molecule has 2 rings (SSSR count). The summed E-state index contributed by atoms with van der Waals surface area (Å²) in [5.74, 6) is 0.441. The molecule has 5 heteroatoms. The summed E-state index contributed by atoms with van der Waals surface area (Å²) in [5.41, 5.74) is 2.68. The fourth-order valence-electron chi connectivity index (χ4n) is 2.01. The van der Waals surface area contributed by atoms with Gasteiger partial charge in [-0.2, -0.15) is 0 Å². The van der Waals surface area contributed by atoms with E-state index in [1.807, 2.05) is 32.0 Å².